The average molecular weight is 996 g/mol. The van der Waals surface area contributed by atoms with Crippen molar-refractivity contribution in [2.75, 3.05) is 19.6 Å². The smallest absolute Gasteiger partial charge is 0.225 e. The van der Waals surface area contributed by atoms with Gasteiger partial charge in [0.15, 0.2) is 0 Å². The molecular weight excluding hydrogens is 877 g/mol. The van der Waals surface area contributed by atoms with Crippen molar-refractivity contribution in [2.45, 2.75) is 291 Å². The maximum Gasteiger partial charge on any atom is 0.225 e. The fourth-order valence-electron chi connectivity index (χ4n) is 13.0. The molecule has 0 spiro atoms. The summed E-state index contributed by atoms with van der Waals surface area (Å²) in [5.74, 6) is 0.177. The van der Waals surface area contributed by atoms with Gasteiger partial charge in [0.05, 0.1) is 0 Å². The lowest BCUT2D eigenvalue weighted by Crippen LogP contribution is -2.49. The van der Waals surface area contributed by atoms with Gasteiger partial charge >= 0.3 is 0 Å². The molecule has 0 heterocycles. The predicted molar refractivity (Wildman–Crippen MR) is 307 cm³/mol. The summed E-state index contributed by atoms with van der Waals surface area (Å²) in [6.45, 7) is 65.5. The first-order chi connectivity index (χ1) is 31.4. The molecule has 0 fully saturated rings. The Labute approximate surface area is 440 Å². The first-order valence-corrected chi connectivity index (χ1v) is 27.7. The minimum atomic E-state index is -0.670. The van der Waals surface area contributed by atoms with Crippen LogP contribution in [0.4, 0.5) is 0 Å². The molecule has 1 rings (SSSR count). The molecule has 3 amide bonds. The number of amides is 3. The van der Waals surface area contributed by atoms with E-state index in [1.165, 1.54) is 0 Å². The number of nitrogens with one attached hydrogen (secondary N) is 6. The first kappa shape index (κ1) is 66.5. The number of carbonyl (C=O) groups is 3. The molecular formula is C62H118N6O3. The van der Waals surface area contributed by atoms with Crippen molar-refractivity contribution in [3.8, 4) is 0 Å². The van der Waals surface area contributed by atoms with E-state index in [0.717, 1.165) is 36.0 Å². The molecule has 1 aromatic carbocycles. The Morgan fingerprint density at radius 2 is 0.634 bits per heavy atom. The number of rotatable bonds is 30. The van der Waals surface area contributed by atoms with Crippen LogP contribution in [-0.2, 0) is 30.6 Å². The van der Waals surface area contributed by atoms with Crippen LogP contribution in [0.3, 0.4) is 0 Å². The topological polar surface area (TPSA) is 123 Å². The zero-order valence-corrected chi connectivity index (χ0v) is 52.1. The van der Waals surface area contributed by atoms with Gasteiger partial charge in [0, 0.05) is 71.1 Å². The molecule has 1 unspecified atom stereocenters. The Morgan fingerprint density at radius 3 is 0.873 bits per heavy atom. The second-order valence-electron chi connectivity index (χ2n) is 31.3. The van der Waals surface area contributed by atoms with Crippen LogP contribution in [0, 0.1) is 32.5 Å². The Kier molecular flexibility index (Phi) is 22.5. The van der Waals surface area contributed by atoms with Crippen LogP contribution in [-0.4, -0.2) is 72.6 Å². The second kappa shape index (κ2) is 24.0. The van der Waals surface area contributed by atoms with Gasteiger partial charge in [0.1, 0.15) is 0 Å². The summed E-state index contributed by atoms with van der Waals surface area (Å²) in [6.07, 6.45) is 4.66. The van der Waals surface area contributed by atoms with Crippen molar-refractivity contribution in [3.05, 3.63) is 34.9 Å². The van der Waals surface area contributed by atoms with Crippen LogP contribution in [0.2, 0.25) is 0 Å². The number of hydrogen-bond donors (Lipinski definition) is 6. The SMILES string of the molecule is CC(C)NC(C)CC(C)(C)CNC(=O)C(C)(C)CC(C)(C)c1cc(C(C)(C)CC(C)(C)C(=O)NCC(C)(C)CC(C)(C)NC(C)C)cc(C(C)(C)CC(C)(C)C(=O)NCC(C)(C)CC(C)(C)NC(C)C)c1. The molecule has 9 heteroatoms. The minimum Gasteiger partial charge on any atom is -0.355 e. The highest BCUT2D eigenvalue weighted by Crippen LogP contribution is 2.46. The summed E-state index contributed by atoms with van der Waals surface area (Å²) in [5, 5.41) is 21.1. The van der Waals surface area contributed by atoms with E-state index in [2.05, 4.69) is 251 Å². The lowest BCUT2D eigenvalue weighted by molar-refractivity contribution is -0.131. The summed E-state index contributed by atoms with van der Waals surface area (Å²) in [7, 11) is 0. The van der Waals surface area contributed by atoms with E-state index in [4.69, 9.17) is 0 Å². The third-order valence-electron chi connectivity index (χ3n) is 14.6. The maximum atomic E-state index is 14.3. The second-order valence-corrected chi connectivity index (χ2v) is 31.3. The van der Waals surface area contributed by atoms with E-state index in [0.29, 0.717) is 63.1 Å². The van der Waals surface area contributed by atoms with Gasteiger partial charge < -0.3 is 31.9 Å². The van der Waals surface area contributed by atoms with Crippen molar-refractivity contribution < 1.29 is 14.4 Å². The van der Waals surface area contributed by atoms with Gasteiger partial charge in [0.25, 0.3) is 0 Å². The Morgan fingerprint density at radius 1 is 0.380 bits per heavy atom. The molecule has 9 nitrogen and oxygen atoms in total. The van der Waals surface area contributed by atoms with Crippen molar-refractivity contribution >= 4 is 17.7 Å². The van der Waals surface area contributed by atoms with Crippen molar-refractivity contribution in [1.82, 2.24) is 31.9 Å². The lowest BCUT2D eigenvalue weighted by Gasteiger charge is -2.41. The van der Waals surface area contributed by atoms with Crippen LogP contribution < -0.4 is 31.9 Å². The van der Waals surface area contributed by atoms with Gasteiger partial charge in [-0.05, 0) is 122 Å². The standard InChI is InChI=1S/C62H118N6O3/c1-42(2)66-45(7)33-52(8,9)39-63-49(69)58(20,21)36-55(14,15)46-30-47(56(16,17)37-59(22,23)50(70)64-40-53(10,11)34-61(26,27)67-43(3)4)32-48(31-46)57(18,19)38-60(24,25)51(71)65-41-54(12,13)35-62(28,29)68-44(5)6/h30-32,42-45,66-68H,33-41H2,1-29H3,(H,63,69)(H,64,70)(H,65,71). The van der Waals surface area contributed by atoms with E-state index in [1.54, 1.807) is 0 Å². The Hall–Kier alpha value is -2.49. The van der Waals surface area contributed by atoms with Crippen LogP contribution >= 0.6 is 0 Å². The molecule has 0 bridgehead atoms. The third kappa shape index (κ3) is 22.9. The zero-order valence-electron chi connectivity index (χ0n) is 52.1. The molecule has 0 aromatic heterocycles. The molecule has 0 aliphatic heterocycles. The zero-order chi connectivity index (χ0) is 56.0. The molecule has 0 saturated carbocycles. The van der Waals surface area contributed by atoms with Crippen LogP contribution in [0.25, 0.3) is 0 Å². The van der Waals surface area contributed by atoms with Crippen LogP contribution in [0.1, 0.15) is 256 Å². The number of benzene rings is 1. The predicted octanol–water partition coefficient (Wildman–Crippen LogP) is 13.3. The van der Waals surface area contributed by atoms with E-state index in [9.17, 15) is 14.4 Å². The van der Waals surface area contributed by atoms with Crippen LogP contribution in [0.5, 0.6) is 0 Å². The van der Waals surface area contributed by atoms with Crippen molar-refractivity contribution in [3.63, 3.8) is 0 Å². The highest BCUT2D eigenvalue weighted by atomic mass is 16.2. The van der Waals surface area contributed by atoms with E-state index < -0.39 is 32.5 Å². The minimum absolute atomic E-state index is 0.0579. The van der Waals surface area contributed by atoms with E-state index >= 15 is 0 Å². The van der Waals surface area contributed by atoms with Gasteiger partial charge in [-0.15, -0.1) is 0 Å². The largest absolute Gasteiger partial charge is 0.355 e. The highest BCUT2D eigenvalue weighted by Gasteiger charge is 2.43. The van der Waals surface area contributed by atoms with Gasteiger partial charge in [-0.25, -0.2) is 0 Å². The van der Waals surface area contributed by atoms with Gasteiger partial charge in [0.2, 0.25) is 17.7 Å². The summed E-state index contributed by atoms with van der Waals surface area (Å²) >= 11 is 0. The lowest BCUT2D eigenvalue weighted by atomic mass is 9.65. The van der Waals surface area contributed by atoms with E-state index in [-0.39, 0.29) is 45.0 Å². The highest BCUT2D eigenvalue weighted by molar-refractivity contribution is 5.83. The van der Waals surface area contributed by atoms with Crippen LogP contribution in [0.15, 0.2) is 18.2 Å². The summed E-state index contributed by atoms with van der Waals surface area (Å²) in [6, 6.07) is 8.52. The molecule has 414 valence electrons. The molecule has 1 atom stereocenters. The normalized spacial score (nSPS) is 14.9. The molecule has 1 aromatic rings. The fraction of sp³-hybridized carbons (Fsp3) is 0.855. The first-order valence-electron chi connectivity index (χ1n) is 27.7. The molecule has 6 N–H and O–H groups in total. The number of hydrogen-bond acceptors (Lipinski definition) is 6. The molecule has 0 radical (unpaired) electrons. The Bertz CT molecular complexity index is 1790. The maximum absolute atomic E-state index is 14.3. The third-order valence-corrected chi connectivity index (χ3v) is 14.6. The van der Waals surface area contributed by atoms with Gasteiger partial charge in [-0.3, -0.25) is 14.4 Å². The quantitative estimate of drug-likeness (QED) is 0.0456. The van der Waals surface area contributed by atoms with E-state index in [1.807, 2.05) is 0 Å². The van der Waals surface area contributed by atoms with Crippen molar-refractivity contribution in [1.29, 1.82) is 0 Å². The molecule has 0 aliphatic rings. The summed E-state index contributed by atoms with van der Waals surface area (Å²) in [4.78, 5) is 42.8. The summed E-state index contributed by atoms with van der Waals surface area (Å²) < 4.78 is 0. The monoisotopic (exact) mass is 995 g/mol. The molecule has 0 saturated heterocycles. The van der Waals surface area contributed by atoms with Crippen molar-refractivity contribution in [2.24, 2.45) is 32.5 Å². The molecule has 0 aliphatic carbocycles. The number of carbonyl (C=O) groups excluding carboxylic acids is 3. The summed E-state index contributed by atoms with van der Waals surface area (Å²) in [5.41, 5.74) is -0.190. The fourth-order valence-corrected chi connectivity index (χ4v) is 13.0. The van der Waals surface area contributed by atoms with Gasteiger partial charge in [-0.2, -0.15) is 0 Å². The van der Waals surface area contributed by atoms with Gasteiger partial charge in [-0.1, -0.05) is 184 Å². The average Bonchev–Trinajstić information content (AvgIpc) is 3.10. The molecule has 71 heavy (non-hydrogen) atoms. The Balaban J connectivity index is 3.75.